The van der Waals surface area contributed by atoms with Crippen molar-refractivity contribution in [3.8, 4) is 0 Å². The Bertz CT molecular complexity index is 180. The SMILES string of the molecule is CCCCC(CCC)C1CCN(C(C)C)CC1. The van der Waals surface area contributed by atoms with Gasteiger partial charge in [-0.3, -0.25) is 0 Å². The van der Waals surface area contributed by atoms with Crippen molar-refractivity contribution in [1.29, 1.82) is 0 Å². The monoisotopic (exact) mass is 239 g/mol. The average molecular weight is 239 g/mol. The van der Waals surface area contributed by atoms with E-state index in [9.17, 15) is 0 Å². The van der Waals surface area contributed by atoms with Gasteiger partial charge in [-0.2, -0.15) is 0 Å². The molecule has 0 aliphatic carbocycles. The lowest BCUT2D eigenvalue weighted by atomic mass is 9.79. The number of piperidine rings is 1. The van der Waals surface area contributed by atoms with Crippen molar-refractivity contribution in [3.63, 3.8) is 0 Å². The van der Waals surface area contributed by atoms with Crippen molar-refractivity contribution >= 4 is 0 Å². The van der Waals surface area contributed by atoms with Crippen LogP contribution < -0.4 is 0 Å². The number of unbranched alkanes of at least 4 members (excludes halogenated alkanes) is 1. The molecule has 0 aromatic rings. The first-order chi connectivity index (χ1) is 8.19. The van der Waals surface area contributed by atoms with E-state index in [1.165, 1.54) is 58.0 Å². The summed E-state index contributed by atoms with van der Waals surface area (Å²) in [4.78, 5) is 2.65. The Morgan fingerprint density at radius 3 is 2.12 bits per heavy atom. The summed E-state index contributed by atoms with van der Waals surface area (Å²) in [5.74, 6) is 2.05. The molecular weight excluding hydrogens is 206 g/mol. The quantitative estimate of drug-likeness (QED) is 0.622. The second-order valence-corrected chi connectivity index (χ2v) is 6.16. The largest absolute Gasteiger partial charge is 0.301 e. The Hall–Kier alpha value is -0.0400. The molecule has 0 radical (unpaired) electrons. The highest BCUT2D eigenvalue weighted by molar-refractivity contribution is 4.79. The third-order valence-electron chi connectivity index (χ3n) is 4.56. The number of nitrogens with zero attached hydrogens (tertiary/aromatic N) is 1. The van der Waals surface area contributed by atoms with Crippen LogP contribution in [0.5, 0.6) is 0 Å². The summed E-state index contributed by atoms with van der Waals surface area (Å²) in [5.41, 5.74) is 0. The van der Waals surface area contributed by atoms with Crippen LogP contribution in [0.4, 0.5) is 0 Å². The first-order valence-corrected chi connectivity index (χ1v) is 7.93. The van der Waals surface area contributed by atoms with Gasteiger partial charge in [-0.05, 0) is 51.6 Å². The van der Waals surface area contributed by atoms with E-state index in [0.29, 0.717) is 0 Å². The third kappa shape index (κ3) is 4.99. The minimum atomic E-state index is 0.746. The van der Waals surface area contributed by atoms with Crippen molar-refractivity contribution in [3.05, 3.63) is 0 Å². The summed E-state index contributed by atoms with van der Waals surface area (Å²) >= 11 is 0. The van der Waals surface area contributed by atoms with Crippen LogP contribution in [0.1, 0.15) is 72.6 Å². The summed E-state index contributed by atoms with van der Waals surface area (Å²) in [7, 11) is 0. The molecule has 0 aromatic heterocycles. The van der Waals surface area contributed by atoms with Crippen molar-refractivity contribution in [2.75, 3.05) is 13.1 Å². The van der Waals surface area contributed by atoms with E-state index in [1.54, 1.807) is 0 Å². The van der Waals surface area contributed by atoms with Gasteiger partial charge in [-0.15, -0.1) is 0 Å². The molecule has 1 unspecified atom stereocenters. The standard InChI is InChI=1S/C16H33N/c1-5-7-9-15(8-6-2)16-10-12-17(13-11-16)14(3)4/h14-16H,5-13H2,1-4H3. The smallest absolute Gasteiger partial charge is 0.00385 e. The molecule has 1 heterocycles. The third-order valence-corrected chi connectivity index (χ3v) is 4.56. The zero-order valence-corrected chi connectivity index (χ0v) is 12.5. The Labute approximate surface area is 109 Å². The lowest BCUT2D eigenvalue weighted by Gasteiger charge is -2.38. The van der Waals surface area contributed by atoms with E-state index < -0.39 is 0 Å². The molecule has 102 valence electrons. The highest BCUT2D eigenvalue weighted by Crippen LogP contribution is 2.32. The fourth-order valence-corrected chi connectivity index (χ4v) is 3.36. The van der Waals surface area contributed by atoms with Gasteiger partial charge in [-0.1, -0.05) is 46.0 Å². The molecule has 1 fully saturated rings. The summed E-state index contributed by atoms with van der Waals surface area (Å²) < 4.78 is 0. The Kier molecular flexibility index (Phi) is 7.18. The topological polar surface area (TPSA) is 3.24 Å². The molecule has 0 amide bonds. The minimum absolute atomic E-state index is 0.746. The number of rotatable bonds is 7. The lowest BCUT2D eigenvalue weighted by Crippen LogP contribution is -2.40. The van der Waals surface area contributed by atoms with Gasteiger partial charge in [0.15, 0.2) is 0 Å². The van der Waals surface area contributed by atoms with Crippen molar-refractivity contribution in [1.82, 2.24) is 4.90 Å². The van der Waals surface area contributed by atoms with Gasteiger partial charge in [0.1, 0.15) is 0 Å². The molecule has 1 atom stereocenters. The molecular formula is C16H33N. The van der Waals surface area contributed by atoms with E-state index in [4.69, 9.17) is 0 Å². The van der Waals surface area contributed by atoms with E-state index in [0.717, 1.165) is 17.9 Å². The summed E-state index contributed by atoms with van der Waals surface area (Å²) in [5, 5.41) is 0. The van der Waals surface area contributed by atoms with Crippen LogP contribution in [0.15, 0.2) is 0 Å². The van der Waals surface area contributed by atoms with Crippen LogP contribution in [0.2, 0.25) is 0 Å². The molecule has 1 aliphatic rings. The van der Waals surface area contributed by atoms with Crippen molar-refractivity contribution < 1.29 is 0 Å². The number of likely N-dealkylation sites (tertiary alicyclic amines) is 1. The second-order valence-electron chi connectivity index (χ2n) is 6.16. The van der Waals surface area contributed by atoms with Crippen LogP contribution in [0, 0.1) is 11.8 Å². The predicted molar refractivity (Wildman–Crippen MR) is 77.4 cm³/mol. The molecule has 1 nitrogen and oxygen atoms in total. The molecule has 0 saturated carbocycles. The van der Waals surface area contributed by atoms with Gasteiger partial charge >= 0.3 is 0 Å². The number of hydrogen-bond donors (Lipinski definition) is 0. The second kappa shape index (κ2) is 8.13. The van der Waals surface area contributed by atoms with E-state index >= 15 is 0 Å². The first kappa shape index (κ1) is 15.0. The number of hydrogen-bond acceptors (Lipinski definition) is 1. The fraction of sp³-hybridized carbons (Fsp3) is 1.00. The van der Waals surface area contributed by atoms with Crippen LogP contribution in [-0.2, 0) is 0 Å². The van der Waals surface area contributed by atoms with Crippen LogP contribution in [0.25, 0.3) is 0 Å². The predicted octanol–water partition coefficient (Wildman–Crippen LogP) is 4.71. The van der Waals surface area contributed by atoms with Gasteiger partial charge in [0.2, 0.25) is 0 Å². The average Bonchev–Trinajstić information content (AvgIpc) is 2.34. The van der Waals surface area contributed by atoms with Crippen molar-refractivity contribution in [2.24, 2.45) is 11.8 Å². The lowest BCUT2D eigenvalue weighted by molar-refractivity contribution is 0.113. The van der Waals surface area contributed by atoms with Gasteiger partial charge in [0.05, 0.1) is 0 Å². The maximum atomic E-state index is 2.65. The Morgan fingerprint density at radius 2 is 1.65 bits per heavy atom. The van der Waals surface area contributed by atoms with E-state index in [-0.39, 0.29) is 0 Å². The fourth-order valence-electron chi connectivity index (χ4n) is 3.36. The van der Waals surface area contributed by atoms with Gasteiger partial charge in [0, 0.05) is 6.04 Å². The molecule has 1 saturated heterocycles. The molecule has 1 rings (SSSR count). The highest BCUT2D eigenvalue weighted by Gasteiger charge is 2.26. The Balaban J connectivity index is 2.37. The molecule has 1 aliphatic heterocycles. The molecule has 1 heteroatoms. The molecule has 17 heavy (non-hydrogen) atoms. The molecule has 0 bridgehead atoms. The minimum Gasteiger partial charge on any atom is -0.301 e. The normalized spacial score (nSPS) is 21.0. The molecule has 0 aromatic carbocycles. The van der Waals surface area contributed by atoms with Gasteiger partial charge in [-0.25, -0.2) is 0 Å². The summed E-state index contributed by atoms with van der Waals surface area (Å²) in [6.45, 7) is 12.0. The van der Waals surface area contributed by atoms with Gasteiger partial charge < -0.3 is 4.90 Å². The van der Waals surface area contributed by atoms with Crippen molar-refractivity contribution in [2.45, 2.75) is 78.7 Å². The first-order valence-electron chi connectivity index (χ1n) is 7.93. The summed E-state index contributed by atoms with van der Waals surface area (Å²) in [6, 6.07) is 0.746. The Morgan fingerprint density at radius 1 is 1.00 bits per heavy atom. The van der Waals surface area contributed by atoms with Crippen LogP contribution in [-0.4, -0.2) is 24.0 Å². The van der Waals surface area contributed by atoms with E-state index in [1.807, 2.05) is 0 Å². The zero-order valence-electron chi connectivity index (χ0n) is 12.5. The molecule has 0 spiro atoms. The summed E-state index contributed by atoms with van der Waals surface area (Å²) in [6.07, 6.45) is 10.0. The van der Waals surface area contributed by atoms with Crippen LogP contribution in [0.3, 0.4) is 0 Å². The van der Waals surface area contributed by atoms with Crippen LogP contribution >= 0.6 is 0 Å². The highest BCUT2D eigenvalue weighted by atomic mass is 15.1. The maximum Gasteiger partial charge on any atom is 0.00385 e. The van der Waals surface area contributed by atoms with Gasteiger partial charge in [0.25, 0.3) is 0 Å². The molecule has 0 N–H and O–H groups in total. The zero-order chi connectivity index (χ0) is 12.7. The van der Waals surface area contributed by atoms with E-state index in [2.05, 4.69) is 32.6 Å². The maximum absolute atomic E-state index is 2.65.